The van der Waals surface area contributed by atoms with Crippen LogP contribution in [0.15, 0.2) is 23.1 Å². The van der Waals surface area contributed by atoms with Crippen LogP contribution >= 0.6 is 11.8 Å². The van der Waals surface area contributed by atoms with Crippen LogP contribution in [0.25, 0.3) is 0 Å². The fraction of sp³-hybridized carbons (Fsp3) is 0.300. The van der Waals surface area contributed by atoms with Crippen LogP contribution in [0.3, 0.4) is 0 Å². The molecule has 0 saturated carbocycles. The standard InChI is InChI=1S/C10H12O3S/c1-13-10-7(6-9(11)12)4-3-5-8(10)14-2/h3-5H,6H2,1-2H3,(H,11,12). The molecule has 0 aliphatic heterocycles. The van der Waals surface area contributed by atoms with Gasteiger partial charge in [-0.2, -0.15) is 0 Å². The second-order valence-corrected chi connectivity index (χ2v) is 3.57. The molecule has 0 atom stereocenters. The predicted octanol–water partition coefficient (Wildman–Crippen LogP) is 2.04. The number of hydrogen-bond donors (Lipinski definition) is 1. The molecular formula is C10H12O3S. The van der Waals surface area contributed by atoms with E-state index in [1.54, 1.807) is 24.9 Å². The smallest absolute Gasteiger partial charge is 0.307 e. The van der Waals surface area contributed by atoms with Gasteiger partial charge in [-0.1, -0.05) is 12.1 Å². The zero-order valence-electron chi connectivity index (χ0n) is 8.11. The van der Waals surface area contributed by atoms with Gasteiger partial charge in [-0.25, -0.2) is 0 Å². The van der Waals surface area contributed by atoms with E-state index in [-0.39, 0.29) is 6.42 Å². The van der Waals surface area contributed by atoms with Crippen LogP contribution in [0.4, 0.5) is 0 Å². The summed E-state index contributed by atoms with van der Waals surface area (Å²) in [6, 6.07) is 5.52. The topological polar surface area (TPSA) is 46.5 Å². The molecule has 0 radical (unpaired) electrons. The number of rotatable bonds is 4. The first-order valence-electron chi connectivity index (χ1n) is 4.10. The van der Waals surface area contributed by atoms with Crippen molar-refractivity contribution in [1.29, 1.82) is 0 Å². The van der Waals surface area contributed by atoms with Crippen LogP contribution in [-0.4, -0.2) is 24.4 Å². The maximum Gasteiger partial charge on any atom is 0.307 e. The molecule has 0 aliphatic rings. The highest BCUT2D eigenvalue weighted by atomic mass is 32.2. The van der Waals surface area contributed by atoms with E-state index >= 15 is 0 Å². The number of carboxylic acids is 1. The van der Waals surface area contributed by atoms with Gasteiger partial charge in [-0.05, 0) is 12.3 Å². The quantitative estimate of drug-likeness (QED) is 0.776. The average molecular weight is 212 g/mol. The summed E-state index contributed by atoms with van der Waals surface area (Å²) >= 11 is 1.54. The molecule has 76 valence electrons. The predicted molar refractivity (Wildman–Crippen MR) is 56.1 cm³/mol. The fourth-order valence-corrected chi connectivity index (χ4v) is 1.87. The number of carboxylic acid groups (broad SMARTS) is 1. The van der Waals surface area contributed by atoms with Crippen molar-refractivity contribution in [3.8, 4) is 5.75 Å². The van der Waals surface area contributed by atoms with E-state index in [0.29, 0.717) is 11.3 Å². The maximum atomic E-state index is 10.6. The summed E-state index contributed by atoms with van der Waals surface area (Å²) in [5.41, 5.74) is 0.715. The van der Waals surface area contributed by atoms with E-state index < -0.39 is 5.97 Å². The van der Waals surface area contributed by atoms with Gasteiger partial charge in [0.15, 0.2) is 0 Å². The lowest BCUT2D eigenvalue weighted by Gasteiger charge is -2.10. The van der Waals surface area contributed by atoms with Crippen molar-refractivity contribution in [2.75, 3.05) is 13.4 Å². The first kappa shape index (κ1) is 10.9. The van der Waals surface area contributed by atoms with Gasteiger partial charge < -0.3 is 9.84 Å². The van der Waals surface area contributed by atoms with Crippen molar-refractivity contribution in [2.24, 2.45) is 0 Å². The Morgan fingerprint density at radius 1 is 1.57 bits per heavy atom. The van der Waals surface area contributed by atoms with Crippen LogP contribution in [0.2, 0.25) is 0 Å². The Morgan fingerprint density at radius 3 is 2.79 bits per heavy atom. The molecule has 0 heterocycles. The molecule has 0 unspecified atom stereocenters. The van der Waals surface area contributed by atoms with Crippen LogP contribution in [0, 0.1) is 0 Å². The van der Waals surface area contributed by atoms with E-state index in [4.69, 9.17) is 9.84 Å². The second-order valence-electron chi connectivity index (χ2n) is 2.72. The third kappa shape index (κ3) is 2.42. The molecule has 14 heavy (non-hydrogen) atoms. The van der Waals surface area contributed by atoms with Crippen molar-refractivity contribution in [1.82, 2.24) is 0 Å². The normalized spacial score (nSPS) is 9.86. The molecule has 1 rings (SSSR count). The lowest BCUT2D eigenvalue weighted by Crippen LogP contribution is -2.02. The lowest BCUT2D eigenvalue weighted by atomic mass is 10.1. The van der Waals surface area contributed by atoms with Gasteiger partial charge in [0.25, 0.3) is 0 Å². The molecule has 0 saturated heterocycles. The summed E-state index contributed by atoms with van der Waals surface area (Å²) in [6.45, 7) is 0. The summed E-state index contributed by atoms with van der Waals surface area (Å²) in [5, 5.41) is 8.69. The third-order valence-corrected chi connectivity index (χ3v) is 2.59. The van der Waals surface area contributed by atoms with Crippen molar-refractivity contribution in [3.63, 3.8) is 0 Å². The molecule has 0 spiro atoms. The summed E-state index contributed by atoms with van der Waals surface area (Å²) < 4.78 is 5.18. The minimum absolute atomic E-state index is 0.00241. The number of methoxy groups -OCH3 is 1. The number of benzene rings is 1. The summed E-state index contributed by atoms with van der Waals surface area (Å²) in [7, 11) is 1.56. The number of aliphatic carboxylic acids is 1. The van der Waals surface area contributed by atoms with Gasteiger partial charge in [-0.15, -0.1) is 11.8 Å². The van der Waals surface area contributed by atoms with Gasteiger partial charge in [0.05, 0.1) is 13.5 Å². The monoisotopic (exact) mass is 212 g/mol. The first-order valence-corrected chi connectivity index (χ1v) is 5.33. The lowest BCUT2D eigenvalue weighted by molar-refractivity contribution is -0.136. The molecule has 1 N–H and O–H groups in total. The summed E-state index contributed by atoms with van der Waals surface area (Å²) in [4.78, 5) is 11.5. The Bertz CT molecular complexity index is 336. The molecule has 0 amide bonds. The molecule has 1 aromatic rings. The summed E-state index contributed by atoms with van der Waals surface area (Å²) in [6.07, 6.45) is 1.93. The molecule has 4 heteroatoms. The van der Waals surface area contributed by atoms with Crippen molar-refractivity contribution in [3.05, 3.63) is 23.8 Å². The van der Waals surface area contributed by atoms with Gasteiger partial charge in [-0.3, -0.25) is 4.79 Å². The third-order valence-electron chi connectivity index (χ3n) is 1.83. The Morgan fingerprint density at radius 2 is 2.29 bits per heavy atom. The number of hydrogen-bond acceptors (Lipinski definition) is 3. The first-order chi connectivity index (χ1) is 6.69. The molecular weight excluding hydrogens is 200 g/mol. The number of ether oxygens (including phenoxy) is 1. The molecule has 3 nitrogen and oxygen atoms in total. The molecule has 0 bridgehead atoms. The highest BCUT2D eigenvalue weighted by Crippen LogP contribution is 2.31. The second kappa shape index (κ2) is 4.91. The number of para-hydroxylation sites is 1. The van der Waals surface area contributed by atoms with Crippen LogP contribution in [0.1, 0.15) is 5.56 Å². The van der Waals surface area contributed by atoms with Crippen molar-refractivity contribution in [2.45, 2.75) is 11.3 Å². The molecule has 1 aromatic carbocycles. The maximum absolute atomic E-state index is 10.6. The van der Waals surface area contributed by atoms with Gasteiger partial charge in [0.2, 0.25) is 0 Å². The minimum Gasteiger partial charge on any atom is -0.495 e. The Labute approximate surface area is 87.1 Å². The average Bonchev–Trinajstić information content (AvgIpc) is 2.16. The fourth-order valence-electron chi connectivity index (χ4n) is 1.26. The van der Waals surface area contributed by atoms with Crippen molar-refractivity contribution < 1.29 is 14.6 Å². The highest BCUT2D eigenvalue weighted by molar-refractivity contribution is 7.98. The van der Waals surface area contributed by atoms with Crippen LogP contribution in [0.5, 0.6) is 5.75 Å². The van der Waals surface area contributed by atoms with Crippen LogP contribution < -0.4 is 4.74 Å². The summed E-state index contributed by atoms with van der Waals surface area (Å²) in [5.74, 6) is -0.177. The van der Waals surface area contributed by atoms with Crippen LogP contribution in [-0.2, 0) is 11.2 Å². The van der Waals surface area contributed by atoms with Gasteiger partial charge in [0, 0.05) is 10.5 Å². The SMILES string of the molecule is COc1c(CC(=O)O)cccc1SC. The van der Waals surface area contributed by atoms with E-state index in [2.05, 4.69) is 0 Å². The van der Waals surface area contributed by atoms with E-state index in [0.717, 1.165) is 4.90 Å². The van der Waals surface area contributed by atoms with E-state index in [9.17, 15) is 4.79 Å². The van der Waals surface area contributed by atoms with E-state index in [1.807, 2.05) is 18.4 Å². The Balaban J connectivity index is 3.08. The Hall–Kier alpha value is -1.16. The zero-order chi connectivity index (χ0) is 10.6. The molecule has 0 aliphatic carbocycles. The largest absolute Gasteiger partial charge is 0.495 e. The Kier molecular flexibility index (Phi) is 3.83. The van der Waals surface area contributed by atoms with Gasteiger partial charge >= 0.3 is 5.97 Å². The van der Waals surface area contributed by atoms with E-state index in [1.165, 1.54) is 0 Å². The highest BCUT2D eigenvalue weighted by Gasteiger charge is 2.10. The van der Waals surface area contributed by atoms with Gasteiger partial charge in [0.1, 0.15) is 5.75 Å². The number of carbonyl (C=O) groups is 1. The minimum atomic E-state index is -0.846. The molecule has 0 aromatic heterocycles. The molecule has 0 fully saturated rings. The van der Waals surface area contributed by atoms with Crippen molar-refractivity contribution >= 4 is 17.7 Å². The number of thioether (sulfide) groups is 1. The zero-order valence-corrected chi connectivity index (χ0v) is 8.93.